The predicted molar refractivity (Wildman–Crippen MR) is 72.8 cm³/mol. The van der Waals surface area contributed by atoms with E-state index in [0.717, 1.165) is 36.5 Å². The number of anilines is 1. The molecule has 0 radical (unpaired) electrons. The van der Waals surface area contributed by atoms with Crippen LogP contribution in [0.5, 0.6) is 0 Å². The summed E-state index contributed by atoms with van der Waals surface area (Å²) in [5.41, 5.74) is 0.922. The predicted octanol–water partition coefficient (Wildman–Crippen LogP) is 1.54. The molecule has 0 bridgehead atoms. The molecule has 0 aromatic carbocycles. The normalized spacial score (nSPS) is 20.5. The zero-order chi connectivity index (χ0) is 12.4. The number of H-pyrrole nitrogens is 1. The van der Waals surface area contributed by atoms with Gasteiger partial charge in [-0.15, -0.1) is 0 Å². The number of piperazine rings is 1. The highest BCUT2D eigenvalue weighted by molar-refractivity contribution is 5.87. The van der Waals surface area contributed by atoms with Crippen LogP contribution in [-0.2, 0) is 0 Å². The van der Waals surface area contributed by atoms with Crippen LogP contribution in [0.25, 0.3) is 11.0 Å². The van der Waals surface area contributed by atoms with Gasteiger partial charge in [0.05, 0.1) is 5.39 Å². The molecule has 5 heteroatoms. The molecule has 5 nitrogen and oxygen atoms in total. The number of hydrogen-bond donors (Lipinski definition) is 2. The summed E-state index contributed by atoms with van der Waals surface area (Å²) in [6.07, 6.45) is 6.01. The van der Waals surface area contributed by atoms with Crippen molar-refractivity contribution in [2.45, 2.75) is 25.8 Å². The fraction of sp³-hybridized carbons (Fsp3) is 0.538. The lowest BCUT2D eigenvalue weighted by atomic mass is 10.1. The molecule has 2 aromatic rings. The van der Waals surface area contributed by atoms with E-state index in [-0.39, 0.29) is 0 Å². The Morgan fingerprint density at radius 3 is 3.28 bits per heavy atom. The average Bonchev–Trinajstić information content (AvgIpc) is 2.87. The zero-order valence-corrected chi connectivity index (χ0v) is 10.7. The van der Waals surface area contributed by atoms with Gasteiger partial charge in [0.15, 0.2) is 0 Å². The van der Waals surface area contributed by atoms with Gasteiger partial charge in [0.2, 0.25) is 0 Å². The van der Waals surface area contributed by atoms with Crippen molar-refractivity contribution in [2.24, 2.45) is 0 Å². The molecule has 0 amide bonds. The Morgan fingerprint density at radius 2 is 2.39 bits per heavy atom. The molecule has 1 saturated heterocycles. The van der Waals surface area contributed by atoms with Gasteiger partial charge in [0.25, 0.3) is 0 Å². The van der Waals surface area contributed by atoms with Crippen molar-refractivity contribution in [3.63, 3.8) is 0 Å². The molecule has 1 aliphatic heterocycles. The number of nitrogens with zero attached hydrogens (tertiary/aromatic N) is 3. The molecule has 2 N–H and O–H groups in total. The molecular formula is C13H19N5. The van der Waals surface area contributed by atoms with E-state index in [9.17, 15) is 0 Å². The Hall–Kier alpha value is -1.62. The van der Waals surface area contributed by atoms with Crippen LogP contribution in [0.2, 0.25) is 0 Å². The van der Waals surface area contributed by atoms with Crippen molar-refractivity contribution in [2.75, 3.05) is 24.5 Å². The van der Waals surface area contributed by atoms with Gasteiger partial charge < -0.3 is 15.2 Å². The Kier molecular flexibility index (Phi) is 3.15. The largest absolute Gasteiger partial charge is 0.353 e. The van der Waals surface area contributed by atoms with E-state index in [1.54, 1.807) is 6.33 Å². The van der Waals surface area contributed by atoms with Crippen molar-refractivity contribution in [1.82, 2.24) is 20.3 Å². The van der Waals surface area contributed by atoms with E-state index in [1.807, 2.05) is 6.20 Å². The number of nitrogens with one attached hydrogen (secondary N) is 2. The Labute approximate surface area is 107 Å². The summed E-state index contributed by atoms with van der Waals surface area (Å²) in [6.45, 7) is 5.30. The van der Waals surface area contributed by atoms with E-state index in [2.05, 4.69) is 38.2 Å². The fourth-order valence-electron chi connectivity index (χ4n) is 2.67. The van der Waals surface area contributed by atoms with Crippen LogP contribution in [0.15, 0.2) is 18.6 Å². The highest BCUT2D eigenvalue weighted by Gasteiger charge is 2.21. The lowest BCUT2D eigenvalue weighted by Crippen LogP contribution is -2.51. The maximum atomic E-state index is 4.46. The number of fused-ring (bicyclic) bond motifs is 1. The molecule has 0 spiro atoms. The number of hydrogen-bond acceptors (Lipinski definition) is 4. The summed E-state index contributed by atoms with van der Waals surface area (Å²) in [5, 5.41) is 4.69. The summed E-state index contributed by atoms with van der Waals surface area (Å²) >= 11 is 0. The Balaban J connectivity index is 1.87. The summed E-state index contributed by atoms with van der Waals surface area (Å²) in [4.78, 5) is 14.2. The monoisotopic (exact) mass is 245 g/mol. The summed E-state index contributed by atoms with van der Waals surface area (Å²) < 4.78 is 0. The van der Waals surface area contributed by atoms with Gasteiger partial charge in [-0.2, -0.15) is 0 Å². The highest BCUT2D eigenvalue weighted by atomic mass is 15.2. The zero-order valence-electron chi connectivity index (χ0n) is 10.7. The molecular weight excluding hydrogens is 226 g/mol. The van der Waals surface area contributed by atoms with E-state index in [1.165, 1.54) is 12.8 Å². The minimum atomic E-state index is 0.577. The van der Waals surface area contributed by atoms with Gasteiger partial charge in [0.1, 0.15) is 17.8 Å². The minimum Gasteiger partial charge on any atom is -0.353 e. The topological polar surface area (TPSA) is 56.8 Å². The second-order valence-electron chi connectivity index (χ2n) is 4.82. The molecule has 1 unspecified atom stereocenters. The van der Waals surface area contributed by atoms with E-state index >= 15 is 0 Å². The van der Waals surface area contributed by atoms with Gasteiger partial charge in [-0.1, -0.05) is 13.3 Å². The first-order valence-electron chi connectivity index (χ1n) is 6.65. The molecule has 1 atom stereocenters. The van der Waals surface area contributed by atoms with Crippen molar-refractivity contribution in [1.29, 1.82) is 0 Å². The van der Waals surface area contributed by atoms with E-state index < -0.39 is 0 Å². The summed E-state index contributed by atoms with van der Waals surface area (Å²) in [7, 11) is 0. The minimum absolute atomic E-state index is 0.577. The molecule has 3 heterocycles. The van der Waals surface area contributed by atoms with Crippen molar-refractivity contribution >= 4 is 16.9 Å². The Bertz CT molecular complexity index is 519. The van der Waals surface area contributed by atoms with E-state index in [0.29, 0.717) is 6.04 Å². The molecule has 1 fully saturated rings. The summed E-state index contributed by atoms with van der Waals surface area (Å²) in [5.74, 6) is 1.06. The lowest BCUT2D eigenvalue weighted by Gasteiger charge is -2.34. The third kappa shape index (κ3) is 2.06. The maximum absolute atomic E-state index is 4.46. The third-order valence-corrected chi connectivity index (χ3v) is 3.53. The number of rotatable bonds is 3. The average molecular weight is 245 g/mol. The van der Waals surface area contributed by atoms with Crippen molar-refractivity contribution in [3.8, 4) is 0 Å². The maximum Gasteiger partial charge on any atom is 0.142 e. The molecule has 3 rings (SSSR count). The molecule has 2 aromatic heterocycles. The first-order valence-corrected chi connectivity index (χ1v) is 6.65. The molecule has 0 aliphatic carbocycles. The van der Waals surface area contributed by atoms with Crippen molar-refractivity contribution < 1.29 is 0 Å². The van der Waals surface area contributed by atoms with Crippen LogP contribution in [0.4, 0.5) is 5.82 Å². The number of aromatic nitrogens is 3. The second-order valence-corrected chi connectivity index (χ2v) is 4.82. The lowest BCUT2D eigenvalue weighted by molar-refractivity contribution is 0.429. The van der Waals surface area contributed by atoms with Gasteiger partial charge in [-0.25, -0.2) is 9.97 Å². The first-order chi connectivity index (χ1) is 8.88. The van der Waals surface area contributed by atoms with Crippen LogP contribution in [0.1, 0.15) is 19.8 Å². The standard InChI is InChI=1S/C13H19N5/c1-2-3-10-8-18(7-6-14-10)13-11-4-5-15-12(11)16-9-17-13/h4-5,9-10,14H,2-3,6-8H2,1H3,(H,15,16,17). The van der Waals surface area contributed by atoms with Crippen LogP contribution in [-0.4, -0.2) is 40.6 Å². The van der Waals surface area contributed by atoms with Crippen LogP contribution in [0, 0.1) is 0 Å². The van der Waals surface area contributed by atoms with Gasteiger partial charge in [-0.05, 0) is 12.5 Å². The second kappa shape index (κ2) is 4.94. The van der Waals surface area contributed by atoms with Crippen LogP contribution < -0.4 is 10.2 Å². The quantitative estimate of drug-likeness (QED) is 0.861. The smallest absolute Gasteiger partial charge is 0.142 e. The van der Waals surface area contributed by atoms with Crippen LogP contribution in [0.3, 0.4) is 0 Å². The van der Waals surface area contributed by atoms with Gasteiger partial charge >= 0.3 is 0 Å². The SMILES string of the molecule is CCCC1CN(c2ncnc3[nH]ccc23)CCN1. The highest BCUT2D eigenvalue weighted by Crippen LogP contribution is 2.23. The summed E-state index contributed by atoms with van der Waals surface area (Å²) in [6, 6.07) is 2.63. The number of aromatic amines is 1. The molecule has 1 aliphatic rings. The first kappa shape index (κ1) is 11.5. The fourth-order valence-corrected chi connectivity index (χ4v) is 2.67. The Morgan fingerprint density at radius 1 is 1.44 bits per heavy atom. The van der Waals surface area contributed by atoms with Gasteiger partial charge in [0, 0.05) is 31.9 Å². The molecule has 18 heavy (non-hydrogen) atoms. The van der Waals surface area contributed by atoms with Crippen LogP contribution >= 0.6 is 0 Å². The molecule has 96 valence electrons. The third-order valence-electron chi connectivity index (χ3n) is 3.53. The van der Waals surface area contributed by atoms with Gasteiger partial charge in [-0.3, -0.25) is 0 Å². The molecule has 0 saturated carbocycles. The van der Waals surface area contributed by atoms with Crippen molar-refractivity contribution in [3.05, 3.63) is 18.6 Å². The van der Waals surface area contributed by atoms with E-state index in [4.69, 9.17) is 0 Å².